The van der Waals surface area contributed by atoms with Crippen LogP contribution in [0.2, 0.25) is 0 Å². The van der Waals surface area contributed by atoms with Crippen LogP contribution in [-0.2, 0) is 0 Å². The van der Waals surface area contributed by atoms with Gasteiger partial charge >= 0.3 is 0 Å². The number of likely N-dealkylation sites (N-methyl/N-ethyl adjacent to an activating group) is 1. The van der Waals surface area contributed by atoms with Gasteiger partial charge < -0.3 is 10.6 Å². The number of hydrogen-bond donors (Lipinski definition) is 1. The van der Waals surface area contributed by atoms with Crippen LogP contribution in [0.15, 0.2) is 11.4 Å². The van der Waals surface area contributed by atoms with Crippen LogP contribution in [0.5, 0.6) is 0 Å². The van der Waals surface area contributed by atoms with Crippen LogP contribution in [0.3, 0.4) is 0 Å². The van der Waals surface area contributed by atoms with Crippen molar-refractivity contribution in [2.75, 3.05) is 33.2 Å². The highest BCUT2D eigenvalue weighted by Gasteiger charge is 2.27. The molecule has 5 heteroatoms. The third-order valence-corrected chi connectivity index (χ3v) is 4.54. The highest BCUT2D eigenvalue weighted by Crippen LogP contribution is 2.18. The van der Waals surface area contributed by atoms with Crippen molar-refractivity contribution in [3.63, 3.8) is 0 Å². The first-order valence-corrected chi connectivity index (χ1v) is 7.80. The molecule has 0 aliphatic carbocycles. The molecule has 1 atom stereocenters. The van der Waals surface area contributed by atoms with E-state index in [1.54, 1.807) is 0 Å². The fourth-order valence-electron chi connectivity index (χ4n) is 2.41. The highest BCUT2D eigenvalue weighted by molar-refractivity contribution is 7.10. The van der Waals surface area contributed by atoms with Crippen molar-refractivity contribution in [1.29, 1.82) is 0 Å². The molecule has 1 fully saturated rings. The van der Waals surface area contributed by atoms with E-state index in [1.807, 2.05) is 16.3 Å². The molecule has 0 spiro atoms. The maximum absolute atomic E-state index is 12.5. The number of amides is 1. The van der Waals surface area contributed by atoms with Crippen molar-refractivity contribution in [2.24, 2.45) is 5.73 Å². The topological polar surface area (TPSA) is 49.6 Å². The number of nitrogens with zero attached hydrogens (tertiary/aromatic N) is 2. The van der Waals surface area contributed by atoms with Gasteiger partial charge in [-0.3, -0.25) is 9.69 Å². The quantitative estimate of drug-likeness (QED) is 0.834. The Bertz CT molecular complexity index is 529. The zero-order valence-electron chi connectivity index (χ0n) is 12.1. The molecular weight excluding hydrogens is 270 g/mol. The van der Waals surface area contributed by atoms with Crippen LogP contribution in [-0.4, -0.2) is 55.0 Å². The summed E-state index contributed by atoms with van der Waals surface area (Å²) in [6.45, 7) is 5.06. The Kier molecular flexibility index (Phi) is 5.18. The van der Waals surface area contributed by atoms with Gasteiger partial charge in [0.15, 0.2) is 0 Å². The van der Waals surface area contributed by atoms with Gasteiger partial charge in [0.1, 0.15) is 0 Å². The van der Waals surface area contributed by atoms with Crippen molar-refractivity contribution in [3.05, 3.63) is 21.9 Å². The normalized spacial score (nSPS) is 19.6. The molecule has 1 aliphatic rings. The van der Waals surface area contributed by atoms with E-state index in [4.69, 9.17) is 5.73 Å². The molecule has 1 aliphatic heterocycles. The zero-order valence-corrected chi connectivity index (χ0v) is 12.9. The summed E-state index contributed by atoms with van der Waals surface area (Å²) < 4.78 is 0. The molecule has 108 valence electrons. The average Bonchev–Trinajstić information content (AvgIpc) is 2.93. The van der Waals surface area contributed by atoms with Gasteiger partial charge in [0.2, 0.25) is 0 Å². The smallest absolute Gasteiger partial charge is 0.254 e. The second-order valence-corrected chi connectivity index (χ2v) is 5.91. The minimum atomic E-state index is 0.119. The van der Waals surface area contributed by atoms with Crippen molar-refractivity contribution in [2.45, 2.75) is 19.4 Å². The molecule has 1 amide bonds. The number of piperazine rings is 1. The van der Waals surface area contributed by atoms with E-state index in [0.717, 1.165) is 36.5 Å². The Hall–Kier alpha value is -1.35. The highest BCUT2D eigenvalue weighted by atomic mass is 32.1. The van der Waals surface area contributed by atoms with Gasteiger partial charge in [0.25, 0.3) is 5.91 Å². The van der Waals surface area contributed by atoms with Gasteiger partial charge in [-0.1, -0.05) is 18.8 Å². The molecular formula is C15H21N3OS. The molecule has 0 radical (unpaired) electrons. The summed E-state index contributed by atoms with van der Waals surface area (Å²) in [5.74, 6) is 5.91. The summed E-state index contributed by atoms with van der Waals surface area (Å²) in [7, 11) is 2.13. The van der Waals surface area contributed by atoms with Gasteiger partial charge in [-0.15, -0.1) is 11.3 Å². The van der Waals surface area contributed by atoms with Crippen LogP contribution in [0.1, 0.15) is 28.6 Å². The molecule has 0 bridgehead atoms. The number of carbonyl (C=O) groups is 1. The molecule has 0 aromatic carbocycles. The van der Waals surface area contributed by atoms with Gasteiger partial charge in [-0.2, -0.15) is 0 Å². The Morgan fingerprint density at radius 1 is 1.55 bits per heavy atom. The predicted molar refractivity (Wildman–Crippen MR) is 82.9 cm³/mol. The summed E-state index contributed by atoms with van der Waals surface area (Å²) >= 11 is 1.50. The number of carbonyl (C=O) groups excluding carboxylic acids is 1. The standard InChI is InChI=1S/C15H21N3OS/c1-3-13-10-18(8-7-17(13)2)15(19)12-9-14(20-11-12)5-4-6-16/h9,11,13H,3,6-8,10,16H2,1-2H3. The van der Waals surface area contributed by atoms with Crippen LogP contribution in [0.4, 0.5) is 0 Å². The zero-order chi connectivity index (χ0) is 14.5. The largest absolute Gasteiger partial charge is 0.336 e. The average molecular weight is 291 g/mol. The SMILES string of the molecule is CCC1CN(C(=O)c2csc(C#CCN)c2)CCN1C. The molecule has 20 heavy (non-hydrogen) atoms. The molecule has 1 unspecified atom stereocenters. The van der Waals surface area contributed by atoms with Crippen LogP contribution in [0.25, 0.3) is 0 Å². The molecule has 2 rings (SSSR count). The van der Waals surface area contributed by atoms with Crippen molar-refractivity contribution >= 4 is 17.2 Å². The van der Waals surface area contributed by atoms with Gasteiger partial charge in [-0.05, 0) is 19.5 Å². The maximum Gasteiger partial charge on any atom is 0.254 e. The summed E-state index contributed by atoms with van der Waals surface area (Å²) in [4.78, 5) is 17.7. The first-order chi connectivity index (χ1) is 9.65. The molecule has 2 N–H and O–H groups in total. The number of nitrogens with two attached hydrogens (primary N) is 1. The first kappa shape index (κ1) is 15.0. The number of hydrogen-bond acceptors (Lipinski definition) is 4. The lowest BCUT2D eigenvalue weighted by atomic mass is 10.1. The minimum Gasteiger partial charge on any atom is -0.336 e. The van der Waals surface area contributed by atoms with E-state index in [0.29, 0.717) is 12.6 Å². The number of rotatable bonds is 2. The van der Waals surface area contributed by atoms with Crippen LogP contribution < -0.4 is 5.73 Å². The van der Waals surface area contributed by atoms with Gasteiger partial charge in [0, 0.05) is 31.1 Å². The van der Waals surface area contributed by atoms with Crippen molar-refractivity contribution in [1.82, 2.24) is 9.80 Å². The molecule has 1 saturated heterocycles. The van der Waals surface area contributed by atoms with Gasteiger partial charge in [0.05, 0.1) is 17.0 Å². The van der Waals surface area contributed by atoms with E-state index in [1.165, 1.54) is 11.3 Å². The Morgan fingerprint density at radius 2 is 2.35 bits per heavy atom. The predicted octanol–water partition coefficient (Wildman–Crippen LogP) is 1.22. The Balaban J connectivity index is 2.05. The van der Waals surface area contributed by atoms with E-state index in [2.05, 4.69) is 30.7 Å². The van der Waals surface area contributed by atoms with Gasteiger partial charge in [-0.25, -0.2) is 0 Å². The van der Waals surface area contributed by atoms with E-state index < -0.39 is 0 Å². The lowest BCUT2D eigenvalue weighted by molar-refractivity contribution is 0.0542. The molecule has 1 aromatic heterocycles. The Morgan fingerprint density at radius 3 is 3.05 bits per heavy atom. The Labute approximate surface area is 124 Å². The third kappa shape index (κ3) is 3.40. The first-order valence-electron chi connectivity index (χ1n) is 6.92. The lowest BCUT2D eigenvalue weighted by Gasteiger charge is -2.39. The van der Waals surface area contributed by atoms with Crippen molar-refractivity contribution < 1.29 is 4.79 Å². The molecule has 0 saturated carbocycles. The second-order valence-electron chi connectivity index (χ2n) is 5.00. The van der Waals surface area contributed by atoms with Crippen molar-refractivity contribution in [3.8, 4) is 11.8 Å². The molecule has 2 heterocycles. The van der Waals surface area contributed by atoms with E-state index >= 15 is 0 Å². The summed E-state index contributed by atoms with van der Waals surface area (Å²) in [5.41, 5.74) is 6.10. The lowest BCUT2D eigenvalue weighted by Crippen LogP contribution is -2.52. The monoisotopic (exact) mass is 291 g/mol. The second kappa shape index (κ2) is 6.89. The fraction of sp³-hybridized carbons (Fsp3) is 0.533. The fourth-order valence-corrected chi connectivity index (χ4v) is 3.15. The summed E-state index contributed by atoms with van der Waals surface area (Å²) in [6, 6.07) is 2.33. The van der Waals surface area contributed by atoms with Crippen LogP contribution >= 0.6 is 11.3 Å². The third-order valence-electron chi connectivity index (χ3n) is 3.70. The van der Waals surface area contributed by atoms with E-state index in [9.17, 15) is 4.79 Å². The summed E-state index contributed by atoms with van der Waals surface area (Å²) in [5, 5.41) is 1.89. The molecule has 4 nitrogen and oxygen atoms in total. The minimum absolute atomic E-state index is 0.119. The summed E-state index contributed by atoms with van der Waals surface area (Å²) in [6.07, 6.45) is 1.07. The van der Waals surface area contributed by atoms with E-state index in [-0.39, 0.29) is 5.91 Å². The maximum atomic E-state index is 12.5. The van der Waals surface area contributed by atoms with Crippen LogP contribution in [0, 0.1) is 11.8 Å². The number of thiophene rings is 1. The molecule has 1 aromatic rings.